The molecule has 0 fully saturated rings. The fourth-order valence-corrected chi connectivity index (χ4v) is 2.52. The highest BCUT2D eigenvalue weighted by Crippen LogP contribution is 2.10. The largest absolute Gasteiger partial charge is 0.365 e. The molecular formula is C20H18ClFN4O. The molecule has 1 heterocycles. The first kappa shape index (κ1) is 18.8. The molecule has 5 nitrogen and oxygen atoms in total. The summed E-state index contributed by atoms with van der Waals surface area (Å²) in [5, 5.41) is 6.58. The van der Waals surface area contributed by atoms with Gasteiger partial charge in [0.25, 0.3) is 5.91 Å². The molecule has 27 heavy (non-hydrogen) atoms. The normalized spacial score (nSPS) is 10.4. The number of aromatic nitrogens is 2. The van der Waals surface area contributed by atoms with E-state index in [1.54, 1.807) is 12.1 Å². The van der Waals surface area contributed by atoms with Gasteiger partial charge in [0.1, 0.15) is 17.3 Å². The zero-order chi connectivity index (χ0) is 19.1. The van der Waals surface area contributed by atoms with Gasteiger partial charge in [0, 0.05) is 18.1 Å². The summed E-state index contributed by atoms with van der Waals surface area (Å²) < 4.78 is 12.9. The summed E-state index contributed by atoms with van der Waals surface area (Å²) in [7, 11) is 0. The lowest BCUT2D eigenvalue weighted by Gasteiger charge is -2.07. The minimum absolute atomic E-state index is 0.249. The van der Waals surface area contributed by atoms with Crippen LogP contribution in [0, 0.1) is 5.82 Å². The van der Waals surface area contributed by atoms with E-state index in [2.05, 4.69) is 20.6 Å². The first-order valence-electron chi connectivity index (χ1n) is 8.43. The van der Waals surface area contributed by atoms with E-state index in [4.69, 9.17) is 11.6 Å². The molecule has 2 aromatic carbocycles. The van der Waals surface area contributed by atoms with Crippen molar-refractivity contribution in [2.24, 2.45) is 0 Å². The molecule has 0 bridgehead atoms. The van der Waals surface area contributed by atoms with Gasteiger partial charge < -0.3 is 10.6 Å². The lowest BCUT2D eigenvalue weighted by atomic mass is 10.1. The van der Waals surface area contributed by atoms with Gasteiger partial charge >= 0.3 is 0 Å². The number of hydrogen-bond donors (Lipinski definition) is 2. The smallest absolute Gasteiger partial charge is 0.271 e. The Kier molecular flexibility index (Phi) is 6.33. The maximum atomic E-state index is 12.9. The van der Waals surface area contributed by atoms with Crippen molar-refractivity contribution in [3.05, 3.63) is 88.6 Å². The number of amides is 1. The Bertz CT molecular complexity index is 883. The monoisotopic (exact) mass is 384 g/mol. The van der Waals surface area contributed by atoms with Gasteiger partial charge in [-0.05, 0) is 41.8 Å². The lowest BCUT2D eigenvalue weighted by molar-refractivity contribution is 0.0949. The minimum Gasteiger partial charge on any atom is -0.365 e. The average Bonchev–Trinajstić information content (AvgIpc) is 2.69. The van der Waals surface area contributed by atoms with Gasteiger partial charge in [-0.25, -0.2) is 14.4 Å². The van der Waals surface area contributed by atoms with Crippen LogP contribution >= 0.6 is 11.6 Å². The summed E-state index contributed by atoms with van der Waals surface area (Å²) in [4.78, 5) is 20.4. The molecule has 0 aliphatic heterocycles. The predicted molar refractivity (Wildman–Crippen MR) is 103 cm³/mol. The highest BCUT2D eigenvalue weighted by atomic mass is 35.5. The van der Waals surface area contributed by atoms with E-state index in [1.165, 1.54) is 24.5 Å². The van der Waals surface area contributed by atoms with Crippen LogP contribution in [0.25, 0.3) is 0 Å². The number of benzene rings is 2. The average molecular weight is 385 g/mol. The van der Waals surface area contributed by atoms with Crippen LogP contribution in [0.1, 0.15) is 21.6 Å². The van der Waals surface area contributed by atoms with Crippen LogP contribution in [0.3, 0.4) is 0 Å². The molecule has 0 atom stereocenters. The third kappa shape index (κ3) is 5.76. The summed E-state index contributed by atoms with van der Waals surface area (Å²) in [6.07, 6.45) is 3.62. The number of anilines is 1. The van der Waals surface area contributed by atoms with Crippen LogP contribution in [-0.4, -0.2) is 22.4 Å². The van der Waals surface area contributed by atoms with Gasteiger partial charge in [0.2, 0.25) is 0 Å². The number of rotatable bonds is 7. The molecule has 0 unspecified atom stereocenters. The zero-order valence-corrected chi connectivity index (χ0v) is 15.2. The van der Waals surface area contributed by atoms with E-state index >= 15 is 0 Å². The summed E-state index contributed by atoms with van der Waals surface area (Å²) >= 11 is 5.85. The first-order valence-corrected chi connectivity index (χ1v) is 8.81. The van der Waals surface area contributed by atoms with Crippen molar-refractivity contribution in [2.75, 3.05) is 11.9 Å². The molecule has 1 aromatic heterocycles. The molecule has 0 spiro atoms. The van der Waals surface area contributed by atoms with E-state index in [-0.39, 0.29) is 17.4 Å². The Morgan fingerprint density at radius 2 is 1.67 bits per heavy atom. The predicted octanol–water partition coefficient (Wildman–Crippen LogP) is 3.85. The van der Waals surface area contributed by atoms with Crippen LogP contribution in [0.2, 0.25) is 5.02 Å². The van der Waals surface area contributed by atoms with Crippen LogP contribution in [0.15, 0.2) is 60.9 Å². The Balaban J connectivity index is 1.46. The SMILES string of the molecule is O=C(NCCc1ccc(Cl)cc1)c1cnc(NCc2ccc(F)cc2)cn1. The molecule has 0 radical (unpaired) electrons. The molecule has 1 amide bonds. The molecule has 0 saturated carbocycles. The lowest BCUT2D eigenvalue weighted by Crippen LogP contribution is -2.26. The molecule has 3 rings (SSSR count). The number of hydrogen-bond acceptors (Lipinski definition) is 4. The molecular weight excluding hydrogens is 367 g/mol. The summed E-state index contributed by atoms with van der Waals surface area (Å²) in [5.74, 6) is -0.0106. The van der Waals surface area contributed by atoms with Crippen LogP contribution in [0.5, 0.6) is 0 Å². The molecule has 0 aliphatic rings. The zero-order valence-electron chi connectivity index (χ0n) is 14.5. The minimum atomic E-state index is -0.276. The van der Waals surface area contributed by atoms with Gasteiger partial charge in [-0.3, -0.25) is 4.79 Å². The van der Waals surface area contributed by atoms with Crippen LogP contribution in [0.4, 0.5) is 10.2 Å². The Labute approximate surface area is 161 Å². The van der Waals surface area contributed by atoms with Gasteiger partial charge in [0.15, 0.2) is 0 Å². The third-order valence-electron chi connectivity index (χ3n) is 3.88. The Morgan fingerprint density at radius 1 is 0.963 bits per heavy atom. The number of nitrogens with one attached hydrogen (secondary N) is 2. The van der Waals surface area contributed by atoms with E-state index < -0.39 is 0 Å². The maximum absolute atomic E-state index is 12.9. The maximum Gasteiger partial charge on any atom is 0.271 e. The summed E-state index contributed by atoms with van der Waals surface area (Å²) in [5.41, 5.74) is 2.26. The molecule has 2 N–H and O–H groups in total. The van der Waals surface area contributed by atoms with Gasteiger partial charge in [-0.1, -0.05) is 35.9 Å². The van der Waals surface area contributed by atoms with Crippen LogP contribution in [-0.2, 0) is 13.0 Å². The fraction of sp³-hybridized carbons (Fsp3) is 0.150. The van der Waals surface area contributed by atoms with Gasteiger partial charge in [0.05, 0.1) is 12.4 Å². The van der Waals surface area contributed by atoms with Gasteiger partial charge in [-0.2, -0.15) is 0 Å². The van der Waals surface area contributed by atoms with E-state index in [0.717, 1.165) is 11.1 Å². The number of halogens is 2. The van der Waals surface area contributed by atoms with Crippen molar-refractivity contribution in [1.29, 1.82) is 0 Å². The van der Waals surface area contributed by atoms with Gasteiger partial charge in [-0.15, -0.1) is 0 Å². The fourth-order valence-electron chi connectivity index (χ4n) is 2.39. The van der Waals surface area contributed by atoms with Crippen molar-refractivity contribution in [3.63, 3.8) is 0 Å². The van der Waals surface area contributed by atoms with Crippen molar-refractivity contribution in [1.82, 2.24) is 15.3 Å². The number of nitrogens with zero attached hydrogens (tertiary/aromatic N) is 2. The van der Waals surface area contributed by atoms with Crippen molar-refractivity contribution >= 4 is 23.3 Å². The topological polar surface area (TPSA) is 66.9 Å². The molecule has 0 saturated heterocycles. The Morgan fingerprint density at radius 3 is 2.33 bits per heavy atom. The van der Waals surface area contributed by atoms with E-state index in [9.17, 15) is 9.18 Å². The quantitative estimate of drug-likeness (QED) is 0.649. The summed E-state index contributed by atoms with van der Waals surface area (Å²) in [6.45, 7) is 0.980. The second-order valence-electron chi connectivity index (χ2n) is 5.90. The standard InChI is InChI=1S/C20H18ClFN4O/c21-16-5-1-14(2-6-16)9-10-23-20(27)18-12-26-19(13-24-18)25-11-15-3-7-17(22)8-4-15/h1-8,12-13H,9-11H2,(H,23,27)(H,25,26). The molecule has 138 valence electrons. The Hall–Kier alpha value is -2.99. The second kappa shape index (κ2) is 9.09. The number of carbonyl (C=O) groups is 1. The van der Waals surface area contributed by atoms with Crippen molar-refractivity contribution < 1.29 is 9.18 Å². The molecule has 3 aromatic rings. The highest BCUT2D eigenvalue weighted by molar-refractivity contribution is 6.30. The number of carbonyl (C=O) groups excluding carboxylic acids is 1. The second-order valence-corrected chi connectivity index (χ2v) is 6.34. The molecule has 7 heteroatoms. The molecule has 0 aliphatic carbocycles. The van der Waals surface area contributed by atoms with E-state index in [1.807, 2.05) is 24.3 Å². The summed E-state index contributed by atoms with van der Waals surface area (Å²) in [6, 6.07) is 13.7. The van der Waals surface area contributed by atoms with Crippen molar-refractivity contribution in [2.45, 2.75) is 13.0 Å². The third-order valence-corrected chi connectivity index (χ3v) is 4.14. The first-order chi connectivity index (χ1) is 13.1. The van der Waals surface area contributed by atoms with Crippen molar-refractivity contribution in [3.8, 4) is 0 Å². The highest BCUT2D eigenvalue weighted by Gasteiger charge is 2.07. The van der Waals surface area contributed by atoms with E-state index in [0.29, 0.717) is 30.4 Å². The van der Waals surface area contributed by atoms with Crippen LogP contribution < -0.4 is 10.6 Å².